The zero-order valence-corrected chi connectivity index (χ0v) is 27.1. The topological polar surface area (TPSA) is 152 Å². The third kappa shape index (κ3) is 8.62. The van der Waals surface area contributed by atoms with Crippen LogP contribution in [0.4, 0.5) is 14.5 Å². The van der Waals surface area contributed by atoms with Crippen molar-refractivity contribution < 1.29 is 46.8 Å². The van der Waals surface area contributed by atoms with Gasteiger partial charge in [-0.15, -0.1) is 0 Å². The summed E-state index contributed by atoms with van der Waals surface area (Å²) in [5.74, 6) is -4.87. The second-order valence-corrected chi connectivity index (χ2v) is 10.9. The molecule has 6 N–H and O–H groups in total. The van der Waals surface area contributed by atoms with Crippen molar-refractivity contribution in [2.75, 3.05) is 5.32 Å². The van der Waals surface area contributed by atoms with E-state index in [4.69, 9.17) is 5.11 Å². The minimum absolute atomic E-state index is 0. The number of aliphatic carboxylic acids is 1. The van der Waals surface area contributed by atoms with Gasteiger partial charge in [0.2, 0.25) is 0 Å². The summed E-state index contributed by atoms with van der Waals surface area (Å²) in [7, 11) is 0. The molecule has 1 amide bonds. The van der Waals surface area contributed by atoms with Crippen molar-refractivity contribution in [3.63, 3.8) is 0 Å². The zero-order valence-electron chi connectivity index (χ0n) is 26.9. The van der Waals surface area contributed by atoms with Gasteiger partial charge in [-0.3, -0.25) is 9.59 Å². The van der Waals surface area contributed by atoms with Crippen LogP contribution < -0.4 is 5.32 Å². The number of phenolic OH excluding ortho intramolecular Hbond substituents is 2. The molecule has 0 radical (unpaired) electrons. The molecular formula is C33H36CaF2N2O7. The predicted octanol–water partition coefficient (Wildman–Crippen LogP) is 5.71. The second kappa shape index (κ2) is 15.7. The number of rotatable bonds is 12. The number of halogens is 2. The van der Waals surface area contributed by atoms with Crippen LogP contribution >= 0.6 is 0 Å². The fourth-order valence-electron chi connectivity index (χ4n) is 5.33. The minimum atomic E-state index is -1.28. The molecule has 3 aromatic carbocycles. The Morgan fingerprint density at radius 3 is 2.20 bits per heavy atom. The summed E-state index contributed by atoms with van der Waals surface area (Å²) in [4.78, 5) is 25.1. The number of aliphatic hydroxyl groups is 2. The van der Waals surface area contributed by atoms with E-state index in [2.05, 4.69) is 5.32 Å². The zero-order chi connectivity index (χ0) is 32.1. The van der Waals surface area contributed by atoms with E-state index < -0.39 is 42.1 Å². The first kappa shape index (κ1) is 36.0. The maximum Gasteiger partial charge on any atom is 2.00 e. The Morgan fingerprint density at radius 2 is 1.60 bits per heavy atom. The molecular weight excluding hydrogens is 614 g/mol. The fourth-order valence-corrected chi connectivity index (χ4v) is 5.33. The Kier molecular flexibility index (Phi) is 12.5. The number of phenols is 2. The SMILES string of the molecule is CC(C)c1c(C(=O)Nc2ccc(O)cc2O)c(-c2ccccc2)c(-c2ccc(F)c(F)c2)n1CCC(O)CC(O)CC(=O)O.[Ca+2].[H-].[H-]. The summed E-state index contributed by atoms with van der Waals surface area (Å²) >= 11 is 0. The largest absolute Gasteiger partial charge is 2.00 e. The molecule has 2 unspecified atom stereocenters. The molecule has 12 heteroatoms. The summed E-state index contributed by atoms with van der Waals surface area (Å²) in [6.07, 6.45) is -3.10. The number of carbonyl (C=O) groups excluding carboxylic acids is 1. The quantitative estimate of drug-likeness (QED) is 0.0653. The van der Waals surface area contributed by atoms with Gasteiger partial charge in [0.05, 0.1) is 35.6 Å². The molecule has 0 aliphatic heterocycles. The Bertz CT molecular complexity index is 1670. The summed E-state index contributed by atoms with van der Waals surface area (Å²) in [6.45, 7) is 3.76. The number of carbonyl (C=O) groups is 2. The number of aromatic hydroxyl groups is 2. The van der Waals surface area contributed by atoms with Gasteiger partial charge in [-0.05, 0) is 54.7 Å². The van der Waals surface area contributed by atoms with Gasteiger partial charge in [-0.2, -0.15) is 0 Å². The first-order valence-electron chi connectivity index (χ1n) is 14.1. The number of carboxylic acids is 1. The first-order valence-corrected chi connectivity index (χ1v) is 14.1. The molecule has 0 aliphatic carbocycles. The normalized spacial score (nSPS) is 12.4. The van der Waals surface area contributed by atoms with Crippen molar-refractivity contribution in [2.24, 2.45) is 0 Å². The fraction of sp³-hybridized carbons (Fsp3) is 0.273. The molecule has 0 spiro atoms. The monoisotopic (exact) mass is 650 g/mol. The average molecular weight is 651 g/mol. The first-order chi connectivity index (χ1) is 20.9. The van der Waals surface area contributed by atoms with E-state index in [1.165, 1.54) is 18.2 Å². The van der Waals surface area contributed by atoms with Crippen molar-refractivity contribution in [2.45, 2.75) is 57.8 Å². The summed E-state index contributed by atoms with van der Waals surface area (Å²) in [6, 6.07) is 16.0. The Morgan fingerprint density at radius 1 is 0.911 bits per heavy atom. The van der Waals surface area contributed by atoms with E-state index in [1.807, 2.05) is 13.8 Å². The number of nitrogens with one attached hydrogen (secondary N) is 1. The molecule has 45 heavy (non-hydrogen) atoms. The van der Waals surface area contributed by atoms with E-state index in [1.54, 1.807) is 34.9 Å². The van der Waals surface area contributed by atoms with Crippen LogP contribution in [0.5, 0.6) is 11.5 Å². The molecule has 0 bridgehead atoms. The standard InChI is InChI=1S/C33H34F2N2O7.Ca.2H/c1-18(2)31-30(33(44)36-26-11-9-21(38)16-27(26)41)29(19-6-4-3-5-7-19)32(20-8-10-24(34)25(35)14-20)37(31)13-12-22(39)15-23(40)17-28(42)43;;;/h3-11,14,16,18,22-23,38-41H,12-13,15,17H2,1-2H3,(H,36,44)(H,42,43);;;/q;+2;2*-1. The Labute approximate surface area is 291 Å². The number of aromatic nitrogens is 1. The molecule has 2 atom stereocenters. The van der Waals surface area contributed by atoms with E-state index in [9.17, 15) is 38.8 Å². The van der Waals surface area contributed by atoms with Crippen molar-refractivity contribution in [1.29, 1.82) is 0 Å². The second-order valence-electron chi connectivity index (χ2n) is 10.9. The van der Waals surface area contributed by atoms with Crippen molar-refractivity contribution in [3.05, 3.63) is 89.6 Å². The van der Waals surface area contributed by atoms with Gasteiger partial charge in [0, 0.05) is 29.4 Å². The van der Waals surface area contributed by atoms with Gasteiger partial charge < -0.3 is 38.3 Å². The predicted molar refractivity (Wildman–Crippen MR) is 169 cm³/mol. The van der Waals surface area contributed by atoms with E-state index in [0.717, 1.165) is 18.2 Å². The number of carboxylic acid groups (broad SMARTS) is 1. The van der Waals surface area contributed by atoms with Crippen LogP contribution in [0.2, 0.25) is 0 Å². The van der Waals surface area contributed by atoms with Crippen LogP contribution in [0.3, 0.4) is 0 Å². The van der Waals surface area contributed by atoms with Crippen molar-refractivity contribution in [3.8, 4) is 33.9 Å². The van der Waals surface area contributed by atoms with Gasteiger partial charge in [0.15, 0.2) is 11.6 Å². The van der Waals surface area contributed by atoms with Crippen LogP contribution in [0.25, 0.3) is 22.4 Å². The third-order valence-electron chi connectivity index (χ3n) is 7.20. The van der Waals surface area contributed by atoms with Gasteiger partial charge in [0.25, 0.3) is 5.91 Å². The van der Waals surface area contributed by atoms with Crippen LogP contribution in [0, 0.1) is 11.6 Å². The van der Waals surface area contributed by atoms with Crippen LogP contribution in [-0.2, 0) is 11.3 Å². The van der Waals surface area contributed by atoms with Gasteiger partial charge in [-0.1, -0.05) is 44.2 Å². The number of aliphatic hydroxyl groups excluding tert-OH is 2. The molecule has 236 valence electrons. The maximum atomic E-state index is 14.7. The smallest absolute Gasteiger partial charge is 1.00 e. The summed E-state index contributed by atoms with van der Waals surface area (Å²) < 4.78 is 30.5. The molecule has 1 heterocycles. The van der Waals surface area contributed by atoms with Crippen molar-refractivity contribution in [1.82, 2.24) is 4.57 Å². The molecule has 4 rings (SSSR count). The van der Waals surface area contributed by atoms with Crippen LogP contribution in [-0.4, -0.2) is 91.9 Å². The van der Waals surface area contributed by atoms with E-state index in [-0.39, 0.29) is 94.2 Å². The van der Waals surface area contributed by atoms with Crippen LogP contribution in [0.15, 0.2) is 66.7 Å². The molecule has 9 nitrogen and oxygen atoms in total. The van der Waals surface area contributed by atoms with Crippen LogP contribution in [0.1, 0.15) is 57.9 Å². The number of benzene rings is 3. The third-order valence-corrected chi connectivity index (χ3v) is 7.20. The maximum absolute atomic E-state index is 14.7. The molecule has 1 aromatic heterocycles. The van der Waals surface area contributed by atoms with E-state index in [0.29, 0.717) is 22.5 Å². The number of hydrogen-bond donors (Lipinski definition) is 6. The average Bonchev–Trinajstić information content (AvgIpc) is 3.30. The molecule has 4 aromatic rings. The molecule has 0 saturated carbocycles. The van der Waals surface area contributed by atoms with Crippen molar-refractivity contribution >= 4 is 55.3 Å². The Hall–Kier alpha value is -3.48. The van der Waals surface area contributed by atoms with Gasteiger partial charge in [0.1, 0.15) is 11.5 Å². The number of hydrogen-bond acceptors (Lipinski definition) is 6. The number of amides is 1. The molecule has 0 fully saturated rings. The molecule has 0 saturated heterocycles. The number of anilines is 1. The Balaban J connectivity index is 0.00000368. The minimum Gasteiger partial charge on any atom is -1.00 e. The molecule has 0 aliphatic rings. The van der Waals surface area contributed by atoms with Gasteiger partial charge in [-0.25, -0.2) is 8.78 Å². The number of nitrogens with zero attached hydrogens (tertiary/aromatic N) is 1. The van der Waals surface area contributed by atoms with E-state index >= 15 is 0 Å². The summed E-state index contributed by atoms with van der Waals surface area (Å²) in [5, 5.41) is 52.5. The summed E-state index contributed by atoms with van der Waals surface area (Å²) in [5.41, 5.74) is 2.35. The van der Waals surface area contributed by atoms with Gasteiger partial charge >= 0.3 is 43.7 Å².